The number of hydrogen-bond donors (Lipinski definition) is 2. The topological polar surface area (TPSA) is 55.5 Å². The number of rotatable bonds is 6. The van der Waals surface area contributed by atoms with Crippen LogP contribution in [0.25, 0.3) is 0 Å². The maximum Gasteiger partial charge on any atom is 0.124 e. The highest BCUT2D eigenvalue weighted by atomic mass is 16.5. The summed E-state index contributed by atoms with van der Waals surface area (Å²) in [6.07, 6.45) is 0.881. The van der Waals surface area contributed by atoms with Crippen LogP contribution >= 0.6 is 0 Å². The number of aliphatic hydroxyl groups excluding tert-OH is 1. The zero-order valence-electron chi connectivity index (χ0n) is 11.8. The Labute approximate surface area is 120 Å². The molecule has 0 aliphatic heterocycles. The van der Waals surface area contributed by atoms with E-state index in [1.54, 1.807) is 0 Å². The molecule has 0 aliphatic carbocycles. The zero-order chi connectivity index (χ0) is 14.4. The Hall–Kier alpha value is -1.84. The van der Waals surface area contributed by atoms with Crippen LogP contribution in [0.4, 0.5) is 0 Å². The van der Waals surface area contributed by atoms with Gasteiger partial charge in [-0.05, 0) is 23.6 Å². The van der Waals surface area contributed by atoms with Crippen molar-refractivity contribution in [2.45, 2.75) is 32.6 Å². The molecule has 0 saturated carbocycles. The molecule has 0 saturated heterocycles. The van der Waals surface area contributed by atoms with Crippen LogP contribution in [0.5, 0.6) is 5.75 Å². The molecule has 2 rings (SSSR count). The molecule has 3 heteroatoms. The normalized spacial score (nSPS) is 12.2. The molecule has 2 aromatic carbocycles. The summed E-state index contributed by atoms with van der Waals surface area (Å²) in [5, 5.41) is 9.02. The van der Waals surface area contributed by atoms with Crippen molar-refractivity contribution in [3.05, 3.63) is 65.2 Å². The molecule has 1 atom stereocenters. The van der Waals surface area contributed by atoms with Crippen molar-refractivity contribution in [2.24, 2.45) is 5.73 Å². The molecule has 0 aromatic heterocycles. The van der Waals surface area contributed by atoms with Crippen molar-refractivity contribution in [1.29, 1.82) is 0 Å². The quantitative estimate of drug-likeness (QED) is 0.848. The first-order chi connectivity index (χ1) is 9.74. The van der Waals surface area contributed by atoms with Crippen LogP contribution in [0.3, 0.4) is 0 Å². The Morgan fingerprint density at radius 3 is 2.35 bits per heavy atom. The monoisotopic (exact) mass is 271 g/mol. The lowest BCUT2D eigenvalue weighted by Crippen LogP contribution is -2.10. The van der Waals surface area contributed by atoms with Gasteiger partial charge in [-0.2, -0.15) is 0 Å². The molecule has 2 aromatic rings. The van der Waals surface area contributed by atoms with Gasteiger partial charge in [-0.25, -0.2) is 0 Å². The second kappa shape index (κ2) is 7.08. The van der Waals surface area contributed by atoms with Gasteiger partial charge in [0.25, 0.3) is 0 Å². The van der Waals surface area contributed by atoms with E-state index in [2.05, 4.69) is 6.92 Å². The summed E-state index contributed by atoms with van der Waals surface area (Å²) in [7, 11) is 0. The third-order valence-corrected chi connectivity index (χ3v) is 3.36. The van der Waals surface area contributed by atoms with Crippen LogP contribution < -0.4 is 10.5 Å². The van der Waals surface area contributed by atoms with Crippen molar-refractivity contribution < 1.29 is 9.84 Å². The van der Waals surface area contributed by atoms with Gasteiger partial charge < -0.3 is 15.6 Å². The first-order valence-electron chi connectivity index (χ1n) is 6.90. The van der Waals surface area contributed by atoms with E-state index in [4.69, 9.17) is 15.6 Å². The Kier molecular flexibility index (Phi) is 5.16. The van der Waals surface area contributed by atoms with Gasteiger partial charge >= 0.3 is 0 Å². The molecular weight excluding hydrogens is 250 g/mol. The fourth-order valence-electron chi connectivity index (χ4n) is 2.04. The summed E-state index contributed by atoms with van der Waals surface area (Å²) < 4.78 is 5.88. The summed E-state index contributed by atoms with van der Waals surface area (Å²) in [5.41, 5.74) is 9.11. The summed E-state index contributed by atoms with van der Waals surface area (Å²) in [6.45, 7) is 2.63. The standard InChI is InChI=1S/C17H21NO2/c1-2-16(18)15-5-3-4-6-17(15)20-12-14-9-7-13(11-19)8-10-14/h3-10,16,19H,2,11-12,18H2,1H3. The molecule has 0 spiro atoms. The fourth-order valence-corrected chi connectivity index (χ4v) is 2.04. The minimum Gasteiger partial charge on any atom is -0.489 e. The maximum absolute atomic E-state index is 9.02. The number of para-hydroxylation sites is 1. The van der Waals surface area contributed by atoms with Crippen molar-refractivity contribution in [2.75, 3.05) is 0 Å². The van der Waals surface area contributed by atoms with Crippen LogP contribution in [0.1, 0.15) is 36.1 Å². The largest absolute Gasteiger partial charge is 0.489 e. The van der Waals surface area contributed by atoms with Crippen LogP contribution in [0, 0.1) is 0 Å². The van der Waals surface area contributed by atoms with Gasteiger partial charge in [0.15, 0.2) is 0 Å². The minimum atomic E-state index is 0.00275. The van der Waals surface area contributed by atoms with E-state index in [9.17, 15) is 0 Å². The number of ether oxygens (including phenoxy) is 1. The highest BCUT2D eigenvalue weighted by molar-refractivity contribution is 5.36. The van der Waals surface area contributed by atoms with Crippen molar-refractivity contribution in [3.8, 4) is 5.75 Å². The lowest BCUT2D eigenvalue weighted by atomic mass is 10.0. The molecule has 0 aliphatic rings. The van der Waals surface area contributed by atoms with E-state index >= 15 is 0 Å². The summed E-state index contributed by atoms with van der Waals surface area (Å²) >= 11 is 0. The predicted octanol–water partition coefficient (Wildman–Crippen LogP) is 3.17. The molecule has 0 heterocycles. The minimum absolute atomic E-state index is 0.00275. The summed E-state index contributed by atoms with van der Waals surface area (Å²) in [4.78, 5) is 0. The van der Waals surface area contributed by atoms with E-state index in [1.807, 2.05) is 48.5 Å². The number of aliphatic hydroxyl groups is 1. The Morgan fingerprint density at radius 2 is 1.70 bits per heavy atom. The van der Waals surface area contributed by atoms with Gasteiger partial charge in [0.2, 0.25) is 0 Å². The second-order valence-electron chi connectivity index (χ2n) is 4.82. The van der Waals surface area contributed by atoms with Crippen molar-refractivity contribution in [1.82, 2.24) is 0 Å². The molecule has 0 radical (unpaired) electrons. The Balaban J connectivity index is 2.06. The SMILES string of the molecule is CCC(N)c1ccccc1OCc1ccc(CO)cc1. The third-order valence-electron chi connectivity index (χ3n) is 3.36. The van der Waals surface area contributed by atoms with E-state index in [1.165, 1.54) is 0 Å². The Bertz CT molecular complexity index is 537. The van der Waals surface area contributed by atoms with E-state index in [0.717, 1.165) is 28.9 Å². The number of nitrogens with two attached hydrogens (primary N) is 1. The van der Waals surface area contributed by atoms with Crippen LogP contribution in [-0.4, -0.2) is 5.11 Å². The van der Waals surface area contributed by atoms with Gasteiger partial charge in [-0.3, -0.25) is 0 Å². The molecule has 3 N–H and O–H groups in total. The second-order valence-corrected chi connectivity index (χ2v) is 4.82. The number of hydrogen-bond acceptors (Lipinski definition) is 3. The first-order valence-corrected chi connectivity index (χ1v) is 6.90. The highest BCUT2D eigenvalue weighted by Gasteiger charge is 2.09. The fraction of sp³-hybridized carbons (Fsp3) is 0.294. The van der Waals surface area contributed by atoms with E-state index < -0.39 is 0 Å². The van der Waals surface area contributed by atoms with Crippen molar-refractivity contribution in [3.63, 3.8) is 0 Å². The molecule has 3 nitrogen and oxygen atoms in total. The molecular formula is C17H21NO2. The van der Waals surface area contributed by atoms with Crippen LogP contribution in [0.15, 0.2) is 48.5 Å². The van der Waals surface area contributed by atoms with Gasteiger partial charge in [0, 0.05) is 11.6 Å². The average molecular weight is 271 g/mol. The van der Waals surface area contributed by atoms with Crippen LogP contribution in [0.2, 0.25) is 0 Å². The predicted molar refractivity (Wildman–Crippen MR) is 80.4 cm³/mol. The Morgan fingerprint density at radius 1 is 1.05 bits per heavy atom. The van der Waals surface area contributed by atoms with Gasteiger partial charge in [0.05, 0.1) is 6.61 Å². The van der Waals surface area contributed by atoms with Gasteiger partial charge in [-0.1, -0.05) is 49.4 Å². The molecule has 106 valence electrons. The molecule has 20 heavy (non-hydrogen) atoms. The third kappa shape index (κ3) is 3.59. The highest BCUT2D eigenvalue weighted by Crippen LogP contribution is 2.26. The molecule has 0 amide bonds. The van der Waals surface area contributed by atoms with Crippen LogP contribution in [-0.2, 0) is 13.2 Å². The number of benzene rings is 2. The van der Waals surface area contributed by atoms with Gasteiger partial charge in [-0.15, -0.1) is 0 Å². The molecule has 0 bridgehead atoms. The van der Waals surface area contributed by atoms with E-state index in [0.29, 0.717) is 6.61 Å². The zero-order valence-corrected chi connectivity index (χ0v) is 11.8. The summed E-state index contributed by atoms with van der Waals surface area (Å²) in [6, 6.07) is 15.6. The van der Waals surface area contributed by atoms with Gasteiger partial charge in [0.1, 0.15) is 12.4 Å². The first kappa shape index (κ1) is 14.6. The molecule has 1 unspecified atom stereocenters. The van der Waals surface area contributed by atoms with Crippen molar-refractivity contribution >= 4 is 0 Å². The summed E-state index contributed by atoms with van der Waals surface area (Å²) in [5.74, 6) is 0.841. The van der Waals surface area contributed by atoms with E-state index in [-0.39, 0.29) is 12.6 Å². The lowest BCUT2D eigenvalue weighted by Gasteiger charge is -2.15. The average Bonchev–Trinajstić information content (AvgIpc) is 2.53. The lowest BCUT2D eigenvalue weighted by molar-refractivity contribution is 0.281. The maximum atomic E-state index is 9.02. The molecule has 0 fully saturated rings. The smallest absolute Gasteiger partial charge is 0.124 e.